The van der Waals surface area contributed by atoms with Gasteiger partial charge in [0.25, 0.3) is 0 Å². The molecule has 0 bridgehead atoms. The fraction of sp³-hybridized carbons (Fsp3) is 0.600. The van der Waals surface area contributed by atoms with Crippen LogP contribution in [0.2, 0.25) is 0 Å². The molecule has 1 aromatic heterocycles. The maximum atomic E-state index is 11.0. The summed E-state index contributed by atoms with van der Waals surface area (Å²) in [6.45, 7) is 1.30. The summed E-state index contributed by atoms with van der Waals surface area (Å²) in [4.78, 5) is 20.2. The van der Waals surface area contributed by atoms with E-state index >= 15 is 0 Å². The van der Waals surface area contributed by atoms with Gasteiger partial charge in [-0.1, -0.05) is 0 Å². The van der Waals surface area contributed by atoms with Gasteiger partial charge in [-0.2, -0.15) is 4.98 Å². The lowest BCUT2D eigenvalue weighted by Gasteiger charge is -2.31. The van der Waals surface area contributed by atoms with E-state index in [4.69, 9.17) is 10.6 Å². The molecule has 0 saturated carbocycles. The summed E-state index contributed by atoms with van der Waals surface area (Å²) in [7, 11) is 1.78. The summed E-state index contributed by atoms with van der Waals surface area (Å²) in [5.74, 6) is 5.66. The van der Waals surface area contributed by atoms with Crippen LogP contribution in [0.15, 0.2) is 6.20 Å². The minimum absolute atomic E-state index is 0.131. The number of nitrogen functional groups attached to an aromatic ring is 1. The van der Waals surface area contributed by atoms with Crippen LogP contribution >= 0.6 is 0 Å². The molecule has 0 aliphatic carbocycles. The lowest BCUT2D eigenvalue weighted by atomic mass is 10.1. The monoisotopic (exact) mass is 268 g/mol. The van der Waals surface area contributed by atoms with Crippen LogP contribution < -0.4 is 16.2 Å². The van der Waals surface area contributed by atoms with E-state index in [9.17, 15) is 10.1 Å². The normalized spacial score (nSPS) is 16.1. The Hall–Kier alpha value is -2.00. The molecule has 2 heterocycles. The highest BCUT2D eigenvalue weighted by Gasteiger charge is 2.26. The van der Waals surface area contributed by atoms with E-state index < -0.39 is 4.92 Å². The lowest BCUT2D eigenvalue weighted by Crippen LogP contribution is -2.37. The molecule has 0 unspecified atom stereocenters. The third kappa shape index (κ3) is 2.88. The van der Waals surface area contributed by atoms with Gasteiger partial charge in [0.1, 0.15) is 6.20 Å². The van der Waals surface area contributed by atoms with Gasteiger partial charge in [0.2, 0.25) is 11.8 Å². The zero-order valence-electron chi connectivity index (χ0n) is 10.6. The van der Waals surface area contributed by atoms with Crippen LogP contribution in [0.5, 0.6) is 0 Å². The molecule has 19 heavy (non-hydrogen) atoms. The van der Waals surface area contributed by atoms with Crippen LogP contribution in [-0.2, 0) is 4.74 Å². The molecule has 1 fully saturated rings. The van der Waals surface area contributed by atoms with Gasteiger partial charge in [-0.25, -0.2) is 10.8 Å². The number of nitrogens with one attached hydrogen (secondary N) is 1. The third-order valence-electron chi connectivity index (χ3n) is 3.15. The molecule has 1 aliphatic heterocycles. The number of hydrogen-bond acceptors (Lipinski definition) is 8. The first-order valence-electron chi connectivity index (χ1n) is 5.92. The summed E-state index contributed by atoms with van der Waals surface area (Å²) in [6.07, 6.45) is 2.78. The summed E-state index contributed by atoms with van der Waals surface area (Å²) < 4.78 is 5.28. The van der Waals surface area contributed by atoms with E-state index in [1.807, 2.05) is 0 Å². The van der Waals surface area contributed by atoms with Crippen molar-refractivity contribution in [3.8, 4) is 0 Å². The second-order valence-corrected chi connectivity index (χ2v) is 4.26. The van der Waals surface area contributed by atoms with Crippen molar-refractivity contribution < 1.29 is 9.66 Å². The zero-order valence-corrected chi connectivity index (χ0v) is 10.6. The first-order chi connectivity index (χ1) is 9.13. The van der Waals surface area contributed by atoms with E-state index in [-0.39, 0.29) is 23.5 Å². The van der Waals surface area contributed by atoms with Gasteiger partial charge in [0, 0.05) is 26.3 Å². The summed E-state index contributed by atoms with van der Waals surface area (Å²) >= 11 is 0. The molecule has 3 N–H and O–H groups in total. The number of hydrazine groups is 1. The predicted molar refractivity (Wildman–Crippen MR) is 68.7 cm³/mol. The van der Waals surface area contributed by atoms with E-state index in [1.165, 1.54) is 0 Å². The van der Waals surface area contributed by atoms with Gasteiger partial charge in [-0.15, -0.1) is 0 Å². The van der Waals surface area contributed by atoms with Crippen LogP contribution in [0.25, 0.3) is 0 Å². The van der Waals surface area contributed by atoms with Crippen molar-refractivity contribution in [1.29, 1.82) is 0 Å². The Morgan fingerprint density at radius 1 is 1.58 bits per heavy atom. The van der Waals surface area contributed by atoms with Crippen molar-refractivity contribution in [1.82, 2.24) is 9.97 Å². The van der Waals surface area contributed by atoms with E-state index in [0.29, 0.717) is 13.2 Å². The molecule has 1 saturated heterocycles. The maximum Gasteiger partial charge on any atom is 0.329 e. The van der Waals surface area contributed by atoms with Crippen LogP contribution in [0.4, 0.5) is 17.5 Å². The summed E-state index contributed by atoms with van der Waals surface area (Å²) in [5.41, 5.74) is 2.16. The molecule has 9 nitrogen and oxygen atoms in total. The van der Waals surface area contributed by atoms with Gasteiger partial charge < -0.3 is 9.64 Å². The molecule has 0 atom stereocenters. The molecule has 1 aromatic rings. The number of rotatable bonds is 4. The number of anilines is 2. The Morgan fingerprint density at radius 2 is 2.26 bits per heavy atom. The SMILES string of the molecule is CN(c1nc(NN)ncc1[N+](=O)[O-])C1CCOCC1. The zero-order chi connectivity index (χ0) is 13.8. The first kappa shape index (κ1) is 13.4. The molecule has 1 aliphatic rings. The van der Waals surface area contributed by atoms with Gasteiger partial charge >= 0.3 is 5.69 Å². The number of nitro groups is 1. The molecule has 0 radical (unpaired) electrons. The average Bonchev–Trinajstić information content (AvgIpc) is 2.46. The van der Waals surface area contributed by atoms with E-state index in [0.717, 1.165) is 19.0 Å². The Morgan fingerprint density at radius 3 is 2.84 bits per heavy atom. The summed E-state index contributed by atoms with van der Waals surface area (Å²) in [6, 6.07) is 0.160. The van der Waals surface area contributed by atoms with Crippen LogP contribution in [0, 0.1) is 10.1 Å². The molecule has 0 amide bonds. The van der Waals surface area contributed by atoms with Crippen molar-refractivity contribution in [2.75, 3.05) is 30.6 Å². The van der Waals surface area contributed by atoms with Gasteiger partial charge in [0.15, 0.2) is 0 Å². The van der Waals surface area contributed by atoms with Crippen molar-refractivity contribution in [2.24, 2.45) is 5.84 Å². The number of hydrogen-bond donors (Lipinski definition) is 2. The second kappa shape index (κ2) is 5.76. The molecule has 0 spiro atoms. The smallest absolute Gasteiger partial charge is 0.329 e. The standard InChI is InChI=1S/C10H16N6O3/c1-15(7-2-4-19-5-3-7)9-8(16(17)18)6-12-10(13-9)14-11/h6-7H,2-5,11H2,1H3,(H,12,13,14). The fourth-order valence-corrected chi connectivity index (χ4v) is 2.07. The Bertz CT molecular complexity index is 463. The van der Waals surface area contributed by atoms with Crippen LogP contribution in [0.1, 0.15) is 12.8 Å². The highest BCUT2D eigenvalue weighted by atomic mass is 16.6. The Labute approximate surface area is 109 Å². The van der Waals surface area contributed by atoms with Crippen LogP contribution in [-0.4, -0.2) is 41.2 Å². The molecule has 104 valence electrons. The molecular weight excluding hydrogens is 252 g/mol. The van der Waals surface area contributed by atoms with Crippen LogP contribution in [0.3, 0.4) is 0 Å². The highest BCUT2D eigenvalue weighted by molar-refractivity contribution is 5.58. The van der Waals surface area contributed by atoms with Gasteiger partial charge in [0.05, 0.1) is 4.92 Å². The number of nitrogens with zero attached hydrogens (tertiary/aromatic N) is 4. The number of ether oxygens (including phenoxy) is 1. The summed E-state index contributed by atoms with van der Waals surface area (Å²) in [5, 5.41) is 11.0. The van der Waals surface area contributed by atoms with Gasteiger partial charge in [-0.3, -0.25) is 15.5 Å². The Kier molecular flexibility index (Phi) is 4.07. The lowest BCUT2D eigenvalue weighted by molar-refractivity contribution is -0.384. The minimum atomic E-state index is -0.495. The molecule has 0 aromatic carbocycles. The van der Waals surface area contributed by atoms with E-state index in [2.05, 4.69) is 15.4 Å². The maximum absolute atomic E-state index is 11.0. The largest absolute Gasteiger partial charge is 0.381 e. The fourth-order valence-electron chi connectivity index (χ4n) is 2.07. The quantitative estimate of drug-likeness (QED) is 0.454. The second-order valence-electron chi connectivity index (χ2n) is 4.26. The molecule has 2 rings (SSSR count). The van der Waals surface area contributed by atoms with Crippen molar-refractivity contribution in [2.45, 2.75) is 18.9 Å². The first-order valence-corrected chi connectivity index (χ1v) is 5.92. The highest BCUT2D eigenvalue weighted by Crippen LogP contribution is 2.28. The van der Waals surface area contributed by atoms with Crippen molar-refractivity contribution in [3.05, 3.63) is 16.3 Å². The average molecular weight is 268 g/mol. The van der Waals surface area contributed by atoms with Crippen molar-refractivity contribution in [3.63, 3.8) is 0 Å². The Balaban J connectivity index is 2.31. The van der Waals surface area contributed by atoms with Gasteiger partial charge in [-0.05, 0) is 12.8 Å². The number of nitrogens with two attached hydrogens (primary N) is 1. The van der Waals surface area contributed by atoms with E-state index in [1.54, 1.807) is 11.9 Å². The molecular formula is C10H16N6O3. The van der Waals surface area contributed by atoms with Crippen molar-refractivity contribution >= 4 is 17.5 Å². The minimum Gasteiger partial charge on any atom is -0.381 e. The molecule has 9 heteroatoms. The predicted octanol–water partition coefficient (Wildman–Crippen LogP) is 0.286. The topological polar surface area (TPSA) is 119 Å². The third-order valence-corrected chi connectivity index (χ3v) is 3.15. The number of aromatic nitrogens is 2.